The molecule has 0 saturated heterocycles. The van der Waals surface area contributed by atoms with Crippen molar-refractivity contribution in [3.63, 3.8) is 0 Å². The van der Waals surface area contributed by atoms with E-state index in [0.29, 0.717) is 24.3 Å². The predicted octanol–water partition coefficient (Wildman–Crippen LogP) is 4.84. The second-order valence-electron chi connectivity index (χ2n) is 8.55. The lowest BCUT2D eigenvalue weighted by atomic mass is 10.1. The van der Waals surface area contributed by atoms with Crippen LogP contribution in [0.4, 0.5) is 18.0 Å². The van der Waals surface area contributed by atoms with Crippen molar-refractivity contribution >= 4 is 17.0 Å². The molecule has 0 bridgehead atoms. The molecule has 3 aromatic heterocycles. The number of alkyl halides is 3. The molecule has 1 aromatic carbocycles. The number of hydrogen-bond donors (Lipinski definition) is 1. The van der Waals surface area contributed by atoms with E-state index in [-0.39, 0.29) is 11.3 Å². The number of rotatable bonds is 2. The Morgan fingerprint density at radius 1 is 1.11 bits per heavy atom. The van der Waals surface area contributed by atoms with Crippen LogP contribution in [0.5, 0.6) is 0 Å². The van der Waals surface area contributed by atoms with Gasteiger partial charge < -0.3 is 14.6 Å². The third-order valence-corrected chi connectivity index (χ3v) is 6.47. The first kappa shape index (κ1) is 22.7. The van der Waals surface area contributed by atoms with Gasteiger partial charge in [-0.25, -0.2) is 4.79 Å². The van der Waals surface area contributed by atoms with Gasteiger partial charge in [0.25, 0.3) is 5.56 Å². The maximum Gasteiger partial charge on any atom is 0.417 e. The fraction of sp³-hybridized carbons (Fsp3) is 0.240. The van der Waals surface area contributed by atoms with E-state index in [4.69, 9.17) is 0 Å². The first-order valence-electron chi connectivity index (χ1n) is 11.0. The first-order chi connectivity index (χ1) is 16.6. The summed E-state index contributed by atoms with van der Waals surface area (Å²) in [6, 6.07) is 10.8. The van der Waals surface area contributed by atoms with Crippen LogP contribution in [0.1, 0.15) is 23.2 Å². The lowest BCUT2D eigenvalue weighted by Crippen LogP contribution is -2.29. The molecule has 10 heteroatoms. The molecule has 0 spiro atoms. The molecule has 0 fully saturated rings. The molecule has 0 radical (unpaired) electrons. The zero-order valence-electron chi connectivity index (χ0n) is 18.7. The molecule has 35 heavy (non-hydrogen) atoms. The van der Waals surface area contributed by atoms with Crippen LogP contribution in [0.2, 0.25) is 0 Å². The van der Waals surface area contributed by atoms with Crippen molar-refractivity contribution in [2.45, 2.75) is 25.6 Å². The molecule has 4 heterocycles. The van der Waals surface area contributed by atoms with Crippen LogP contribution in [0.15, 0.2) is 59.7 Å². The second-order valence-corrected chi connectivity index (χ2v) is 8.55. The van der Waals surface area contributed by atoms with Crippen LogP contribution in [0.25, 0.3) is 27.8 Å². The molecule has 1 aliphatic rings. The summed E-state index contributed by atoms with van der Waals surface area (Å²) in [5, 5.41) is 10.5. The van der Waals surface area contributed by atoms with Gasteiger partial charge in [-0.15, -0.1) is 0 Å². The number of carboxylic acid groups (broad SMARTS) is 1. The molecule has 0 unspecified atom stereocenters. The largest absolute Gasteiger partial charge is 0.465 e. The highest BCUT2D eigenvalue weighted by Gasteiger charge is 2.30. The fourth-order valence-corrected chi connectivity index (χ4v) is 4.64. The molecule has 1 aliphatic heterocycles. The normalized spacial score (nSPS) is 14.1. The minimum Gasteiger partial charge on any atom is -0.465 e. The Morgan fingerprint density at radius 3 is 2.57 bits per heavy atom. The van der Waals surface area contributed by atoms with E-state index in [9.17, 15) is 27.9 Å². The summed E-state index contributed by atoms with van der Waals surface area (Å²) in [5.74, 6) is 0. The van der Waals surface area contributed by atoms with Crippen molar-refractivity contribution in [3.8, 4) is 16.9 Å². The molecular weight excluding hydrogens is 461 g/mol. The van der Waals surface area contributed by atoms with E-state index in [1.165, 1.54) is 21.6 Å². The Balaban J connectivity index is 1.51. The molecule has 7 nitrogen and oxygen atoms in total. The number of benzene rings is 1. The van der Waals surface area contributed by atoms with Crippen LogP contribution in [0, 0.1) is 0 Å². The maximum atomic E-state index is 12.9. The van der Waals surface area contributed by atoms with Crippen LogP contribution < -0.4 is 5.56 Å². The zero-order chi connectivity index (χ0) is 24.9. The molecule has 4 aromatic rings. The molecule has 1 N–H and O–H groups in total. The van der Waals surface area contributed by atoms with E-state index in [2.05, 4.69) is 4.98 Å². The number of pyridine rings is 2. The van der Waals surface area contributed by atoms with Gasteiger partial charge in [0.1, 0.15) is 0 Å². The zero-order valence-corrected chi connectivity index (χ0v) is 18.7. The Kier molecular flexibility index (Phi) is 5.38. The van der Waals surface area contributed by atoms with Crippen LogP contribution in [0.3, 0.4) is 0 Å². The number of nitrogens with zero attached hydrogens (tertiary/aromatic N) is 4. The highest BCUT2D eigenvalue weighted by molar-refractivity contribution is 5.87. The lowest BCUT2D eigenvalue weighted by molar-refractivity contribution is -0.137. The topological polar surface area (TPSA) is 80.4 Å². The number of hydrogen-bond acceptors (Lipinski definition) is 3. The summed E-state index contributed by atoms with van der Waals surface area (Å²) < 4.78 is 41.8. The van der Waals surface area contributed by atoms with Gasteiger partial charge in [-0.05, 0) is 48.7 Å². The summed E-state index contributed by atoms with van der Waals surface area (Å²) >= 11 is 0. The summed E-state index contributed by atoms with van der Waals surface area (Å²) in [6.07, 6.45) is -1.60. The van der Waals surface area contributed by atoms with Crippen molar-refractivity contribution < 1.29 is 23.1 Å². The van der Waals surface area contributed by atoms with Crippen LogP contribution in [-0.4, -0.2) is 36.8 Å². The molecule has 0 aliphatic carbocycles. The lowest BCUT2D eigenvalue weighted by Gasteiger charge is -2.17. The molecule has 5 rings (SSSR count). The van der Waals surface area contributed by atoms with Gasteiger partial charge in [0.05, 0.1) is 29.0 Å². The number of halogens is 3. The summed E-state index contributed by atoms with van der Waals surface area (Å²) in [4.78, 5) is 29.7. The van der Waals surface area contributed by atoms with Crippen molar-refractivity contribution in [1.29, 1.82) is 0 Å². The van der Waals surface area contributed by atoms with Crippen LogP contribution >= 0.6 is 0 Å². The third kappa shape index (κ3) is 4.05. The molecule has 1 amide bonds. The highest BCUT2D eigenvalue weighted by Crippen LogP contribution is 2.32. The molecular formula is C25H21F3N4O3. The SMILES string of the molecule is Cn1c2c(c3ccc(-n4ccc(-c5ccc(C(F)(F)F)cn5)cc4=O)cc31)CCCN(C(=O)O)C2. The number of amides is 1. The van der Waals surface area contributed by atoms with Gasteiger partial charge in [0.2, 0.25) is 0 Å². The summed E-state index contributed by atoms with van der Waals surface area (Å²) in [5.41, 5.74) is 3.06. The van der Waals surface area contributed by atoms with Crippen molar-refractivity contribution in [2.24, 2.45) is 7.05 Å². The Morgan fingerprint density at radius 2 is 1.91 bits per heavy atom. The van der Waals surface area contributed by atoms with Gasteiger partial charge in [0.15, 0.2) is 0 Å². The maximum absolute atomic E-state index is 12.9. The standard InChI is InChI=1S/C25H21F3N4O3/c1-30-21-12-17(5-6-19(21)18-3-2-9-31(24(34)35)14-22(18)30)32-10-8-15(11-23(32)33)20-7-4-16(13-29-20)25(26,27)28/h4-8,10-13H,2-3,9,14H2,1H3,(H,34,35). The monoisotopic (exact) mass is 482 g/mol. The number of aromatic nitrogens is 3. The Hall–Kier alpha value is -4.08. The predicted molar refractivity (Wildman–Crippen MR) is 124 cm³/mol. The highest BCUT2D eigenvalue weighted by atomic mass is 19.4. The van der Waals surface area contributed by atoms with Gasteiger partial charge in [-0.2, -0.15) is 13.2 Å². The van der Waals surface area contributed by atoms with E-state index in [1.807, 2.05) is 29.8 Å². The van der Waals surface area contributed by atoms with Gasteiger partial charge >= 0.3 is 12.3 Å². The minimum atomic E-state index is -4.48. The van der Waals surface area contributed by atoms with E-state index in [1.54, 1.807) is 12.3 Å². The Bertz CT molecular complexity index is 1500. The molecule has 180 valence electrons. The van der Waals surface area contributed by atoms with Crippen LogP contribution in [-0.2, 0) is 26.2 Å². The second kappa shape index (κ2) is 8.30. The van der Waals surface area contributed by atoms with E-state index >= 15 is 0 Å². The number of aryl methyl sites for hydroxylation is 2. The van der Waals surface area contributed by atoms with E-state index < -0.39 is 17.8 Å². The average Bonchev–Trinajstić information content (AvgIpc) is 2.97. The number of fused-ring (bicyclic) bond motifs is 3. The summed E-state index contributed by atoms with van der Waals surface area (Å²) in [6.45, 7) is 0.791. The van der Waals surface area contributed by atoms with Gasteiger partial charge in [-0.3, -0.25) is 14.3 Å². The molecule has 0 atom stereocenters. The fourth-order valence-electron chi connectivity index (χ4n) is 4.64. The summed E-state index contributed by atoms with van der Waals surface area (Å²) in [7, 11) is 1.89. The quantitative estimate of drug-likeness (QED) is 0.444. The smallest absolute Gasteiger partial charge is 0.417 e. The van der Waals surface area contributed by atoms with Crippen molar-refractivity contribution in [1.82, 2.24) is 19.0 Å². The third-order valence-electron chi connectivity index (χ3n) is 6.47. The van der Waals surface area contributed by atoms with Crippen molar-refractivity contribution in [2.75, 3.05) is 6.54 Å². The van der Waals surface area contributed by atoms with E-state index in [0.717, 1.165) is 47.3 Å². The molecule has 0 saturated carbocycles. The number of carbonyl (C=O) groups is 1. The van der Waals surface area contributed by atoms with Gasteiger partial charge in [-0.1, -0.05) is 6.07 Å². The minimum absolute atomic E-state index is 0.270. The average molecular weight is 482 g/mol. The van der Waals surface area contributed by atoms with Crippen molar-refractivity contribution in [3.05, 3.63) is 82.0 Å². The first-order valence-corrected chi connectivity index (χ1v) is 11.0. The Labute approximate surface area is 197 Å². The van der Waals surface area contributed by atoms with Gasteiger partial charge in [0, 0.05) is 48.7 Å².